The van der Waals surface area contributed by atoms with Gasteiger partial charge >= 0.3 is 0 Å². The summed E-state index contributed by atoms with van der Waals surface area (Å²) in [5, 5.41) is 6.67. The van der Waals surface area contributed by atoms with Crippen molar-refractivity contribution in [3.05, 3.63) is 65.9 Å². The average molecular weight is 343 g/mol. The van der Waals surface area contributed by atoms with Gasteiger partial charge in [0.25, 0.3) is 5.91 Å². The zero-order valence-corrected chi connectivity index (χ0v) is 13.6. The Balaban J connectivity index is 1.85. The lowest BCUT2D eigenvalue weighted by Gasteiger charge is -2.04. The summed E-state index contributed by atoms with van der Waals surface area (Å²) in [5.41, 5.74) is 1.86. The van der Waals surface area contributed by atoms with Crippen LogP contribution >= 0.6 is 0 Å². The van der Waals surface area contributed by atoms with Gasteiger partial charge in [0.2, 0.25) is 0 Å². The molecule has 25 heavy (non-hydrogen) atoms. The van der Waals surface area contributed by atoms with E-state index in [9.17, 15) is 13.6 Å². The number of methoxy groups -OCH3 is 1. The molecule has 5 nitrogen and oxygen atoms in total. The first-order valence-corrected chi connectivity index (χ1v) is 7.43. The Hall–Kier alpha value is -3.22. The highest BCUT2D eigenvalue weighted by molar-refractivity contribution is 6.03. The minimum absolute atomic E-state index is 0.150. The predicted octanol–water partition coefficient (Wildman–Crippen LogP) is 3.63. The Kier molecular flexibility index (Phi) is 4.47. The topological polar surface area (TPSA) is 56.1 Å². The molecule has 0 saturated carbocycles. The summed E-state index contributed by atoms with van der Waals surface area (Å²) in [4.78, 5) is 12.3. The van der Waals surface area contributed by atoms with Gasteiger partial charge in [0, 0.05) is 24.4 Å². The Bertz CT molecular complexity index is 938. The van der Waals surface area contributed by atoms with Gasteiger partial charge in [-0.1, -0.05) is 12.1 Å². The molecule has 0 aliphatic carbocycles. The molecule has 0 radical (unpaired) electrons. The van der Waals surface area contributed by atoms with Gasteiger partial charge in [-0.15, -0.1) is 0 Å². The maximum absolute atomic E-state index is 13.2. The summed E-state index contributed by atoms with van der Waals surface area (Å²) < 4.78 is 32.9. The van der Waals surface area contributed by atoms with Gasteiger partial charge in [-0.05, 0) is 30.3 Å². The van der Waals surface area contributed by atoms with Gasteiger partial charge < -0.3 is 10.1 Å². The van der Waals surface area contributed by atoms with Gasteiger partial charge in [0.15, 0.2) is 17.3 Å². The van der Waals surface area contributed by atoms with E-state index in [-0.39, 0.29) is 11.4 Å². The highest BCUT2D eigenvalue weighted by Gasteiger charge is 2.15. The minimum Gasteiger partial charge on any atom is -0.497 e. The number of halogens is 2. The lowest BCUT2D eigenvalue weighted by molar-refractivity contribution is 0.102. The minimum atomic E-state index is -1.03. The van der Waals surface area contributed by atoms with Crippen molar-refractivity contribution in [2.24, 2.45) is 7.05 Å². The molecular formula is C18H15F2N3O2. The van der Waals surface area contributed by atoms with Crippen molar-refractivity contribution >= 4 is 11.6 Å². The number of hydrogen-bond acceptors (Lipinski definition) is 3. The molecule has 2 aromatic carbocycles. The molecular weight excluding hydrogens is 328 g/mol. The molecule has 3 rings (SSSR count). The van der Waals surface area contributed by atoms with E-state index in [1.807, 2.05) is 24.3 Å². The molecule has 0 bridgehead atoms. The van der Waals surface area contributed by atoms with Gasteiger partial charge in [-0.25, -0.2) is 8.78 Å². The van der Waals surface area contributed by atoms with E-state index in [1.165, 1.54) is 6.07 Å². The van der Waals surface area contributed by atoms with E-state index in [0.29, 0.717) is 11.4 Å². The standard InChI is InChI=1S/C18H15F2N3O2/c1-23-17(11-4-3-5-13(8-11)25-2)10-16(22-23)18(24)21-12-6-7-14(19)15(20)9-12/h3-10H,1-2H3,(H,21,24). The molecule has 0 aliphatic heterocycles. The number of anilines is 1. The van der Waals surface area contributed by atoms with Crippen LogP contribution in [0.3, 0.4) is 0 Å². The molecule has 128 valence electrons. The summed E-state index contributed by atoms with van der Waals surface area (Å²) >= 11 is 0. The van der Waals surface area contributed by atoms with Crippen molar-refractivity contribution in [3.63, 3.8) is 0 Å². The summed E-state index contributed by atoms with van der Waals surface area (Å²) in [6.07, 6.45) is 0. The molecule has 1 N–H and O–H groups in total. The van der Waals surface area contributed by atoms with Crippen LogP contribution in [0.2, 0.25) is 0 Å². The number of nitrogens with zero attached hydrogens (tertiary/aromatic N) is 2. The Labute approximate surface area is 142 Å². The normalized spacial score (nSPS) is 10.6. The number of rotatable bonds is 4. The number of nitrogens with one attached hydrogen (secondary N) is 1. The maximum atomic E-state index is 13.2. The van der Waals surface area contributed by atoms with Crippen molar-refractivity contribution in [2.75, 3.05) is 12.4 Å². The second kappa shape index (κ2) is 6.72. The number of carbonyl (C=O) groups excluding carboxylic acids is 1. The predicted molar refractivity (Wildman–Crippen MR) is 89.5 cm³/mol. The average Bonchev–Trinajstić information content (AvgIpc) is 3.00. The molecule has 1 aromatic heterocycles. The van der Waals surface area contributed by atoms with Crippen LogP contribution in [0.25, 0.3) is 11.3 Å². The van der Waals surface area contributed by atoms with Crippen molar-refractivity contribution in [1.82, 2.24) is 9.78 Å². The lowest BCUT2D eigenvalue weighted by atomic mass is 10.1. The molecule has 0 aliphatic rings. The number of ether oxygens (including phenoxy) is 1. The fraction of sp³-hybridized carbons (Fsp3) is 0.111. The maximum Gasteiger partial charge on any atom is 0.276 e. The van der Waals surface area contributed by atoms with Crippen LogP contribution in [-0.2, 0) is 7.05 Å². The SMILES string of the molecule is COc1cccc(-c2cc(C(=O)Nc3ccc(F)c(F)c3)nn2C)c1. The Morgan fingerprint density at radius 2 is 1.92 bits per heavy atom. The van der Waals surface area contributed by atoms with Crippen LogP contribution in [0, 0.1) is 11.6 Å². The fourth-order valence-electron chi connectivity index (χ4n) is 2.40. The monoisotopic (exact) mass is 343 g/mol. The van der Waals surface area contributed by atoms with Crippen molar-refractivity contribution < 1.29 is 18.3 Å². The second-order valence-electron chi connectivity index (χ2n) is 5.35. The van der Waals surface area contributed by atoms with Crippen LogP contribution in [0.15, 0.2) is 48.5 Å². The molecule has 1 heterocycles. The number of amides is 1. The summed E-state index contributed by atoms with van der Waals surface area (Å²) in [5.74, 6) is -1.84. The summed E-state index contributed by atoms with van der Waals surface area (Å²) in [7, 11) is 3.28. The van der Waals surface area contributed by atoms with Gasteiger partial charge in [0.1, 0.15) is 5.75 Å². The van der Waals surface area contributed by atoms with E-state index in [2.05, 4.69) is 10.4 Å². The number of benzene rings is 2. The number of aryl methyl sites for hydroxylation is 1. The first-order valence-electron chi connectivity index (χ1n) is 7.43. The van der Waals surface area contributed by atoms with Crippen LogP contribution < -0.4 is 10.1 Å². The van der Waals surface area contributed by atoms with E-state index in [4.69, 9.17) is 4.74 Å². The van der Waals surface area contributed by atoms with Crippen LogP contribution in [0.1, 0.15) is 10.5 Å². The molecule has 0 atom stereocenters. The third kappa shape index (κ3) is 3.50. The van der Waals surface area contributed by atoms with Crippen molar-refractivity contribution in [1.29, 1.82) is 0 Å². The quantitative estimate of drug-likeness (QED) is 0.787. The third-order valence-electron chi connectivity index (χ3n) is 3.66. The first-order chi connectivity index (χ1) is 12.0. The zero-order chi connectivity index (χ0) is 18.0. The fourth-order valence-corrected chi connectivity index (χ4v) is 2.40. The number of hydrogen-bond donors (Lipinski definition) is 1. The highest BCUT2D eigenvalue weighted by atomic mass is 19.2. The molecule has 0 unspecified atom stereocenters. The molecule has 7 heteroatoms. The van der Waals surface area contributed by atoms with Gasteiger partial charge in [0.05, 0.1) is 12.8 Å². The number of aromatic nitrogens is 2. The van der Waals surface area contributed by atoms with E-state index >= 15 is 0 Å². The summed E-state index contributed by atoms with van der Waals surface area (Å²) in [6.45, 7) is 0. The molecule has 0 spiro atoms. The van der Waals surface area contributed by atoms with E-state index in [0.717, 1.165) is 17.7 Å². The largest absolute Gasteiger partial charge is 0.497 e. The van der Waals surface area contributed by atoms with E-state index in [1.54, 1.807) is 24.9 Å². The number of carbonyl (C=O) groups is 1. The lowest BCUT2D eigenvalue weighted by Crippen LogP contribution is -2.13. The van der Waals surface area contributed by atoms with Crippen molar-refractivity contribution in [3.8, 4) is 17.0 Å². The first kappa shape index (κ1) is 16.6. The molecule has 0 saturated heterocycles. The second-order valence-corrected chi connectivity index (χ2v) is 5.35. The smallest absolute Gasteiger partial charge is 0.276 e. The van der Waals surface area contributed by atoms with Crippen LogP contribution in [0.5, 0.6) is 5.75 Å². The molecule has 1 amide bonds. The van der Waals surface area contributed by atoms with Crippen LogP contribution in [-0.4, -0.2) is 22.8 Å². The van der Waals surface area contributed by atoms with Crippen molar-refractivity contribution in [2.45, 2.75) is 0 Å². The molecule has 0 fully saturated rings. The third-order valence-corrected chi connectivity index (χ3v) is 3.66. The molecule has 3 aromatic rings. The Morgan fingerprint density at radius 3 is 2.64 bits per heavy atom. The van der Waals surface area contributed by atoms with Gasteiger partial charge in [-0.2, -0.15) is 5.10 Å². The van der Waals surface area contributed by atoms with Crippen LogP contribution in [0.4, 0.5) is 14.5 Å². The highest BCUT2D eigenvalue weighted by Crippen LogP contribution is 2.24. The van der Waals surface area contributed by atoms with E-state index < -0.39 is 17.5 Å². The Morgan fingerprint density at radius 1 is 1.12 bits per heavy atom. The summed E-state index contributed by atoms with van der Waals surface area (Å²) in [6, 6.07) is 12.1. The zero-order valence-electron chi connectivity index (χ0n) is 13.6. The van der Waals surface area contributed by atoms with Gasteiger partial charge in [-0.3, -0.25) is 9.48 Å².